The minimum absolute atomic E-state index is 0.294. The summed E-state index contributed by atoms with van der Waals surface area (Å²) in [5, 5.41) is 11.7. The van der Waals surface area contributed by atoms with Gasteiger partial charge in [-0.2, -0.15) is 10.1 Å². The fourth-order valence-electron chi connectivity index (χ4n) is 6.82. The van der Waals surface area contributed by atoms with E-state index in [0.717, 1.165) is 80.2 Å². The summed E-state index contributed by atoms with van der Waals surface area (Å²) >= 11 is 0. The zero-order valence-electron chi connectivity index (χ0n) is 25.5. The summed E-state index contributed by atoms with van der Waals surface area (Å²) < 4.78 is 8.03. The molecule has 43 heavy (non-hydrogen) atoms. The third-order valence-corrected chi connectivity index (χ3v) is 9.43. The number of aliphatic imine (C=N–C) groups is 1. The van der Waals surface area contributed by atoms with Crippen LogP contribution in [-0.4, -0.2) is 70.4 Å². The Labute approximate surface area is 253 Å². The number of pyridine rings is 1. The molecule has 1 amide bonds. The predicted molar refractivity (Wildman–Crippen MR) is 170 cm³/mol. The smallest absolute Gasteiger partial charge is 0.280 e. The number of likely N-dealkylation sites (tertiary alicyclic amines) is 1. The van der Waals surface area contributed by atoms with Crippen LogP contribution in [0.4, 0.5) is 17.1 Å². The van der Waals surface area contributed by atoms with E-state index in [9.17, 15) is 4.79 Å². The number of aromatic nitrogens is 3. The summed E-state index contributed by atoms with van der Waals surface area (Å²) in [6.45, 7) is 8.94. The van der Waals surface area contributed by atoms with E-state index >= 15 is 0 Å². The second kappa shape index (κ2) is 11.6. The molecule has 1 atom stereocenters. The first-order valence-electron chi connectivity index (χ1n) is 15.9. The Hall–Kier alpha value is -3.92. The van der Waals surface area contributed by atoms with Gasteiger partial charge in [-0.25, -0.2) is 4.68 Å². The maximum atomic E-state index is 13.7. The normalized spacial score (nSPS) is 22.7. The van der Waals surface area contributed by atoms with Gasteiger partial charge < -0.3 is 25.2 Å². The van der Waals surface area contributed by atoms with Crippen molar-refractivity contribution >= 4 is 28.9 Å². The van der Waals surface area contributed by atoms with Crippen LogP contribution in [0.3, 0.4) is 0 Å². The second-order valence-corrected chi connectivity index (χ2v) is 12.5. The van der Waals surface area contributed by atoms with Crippen molar-refractivity contribution in [2.45, 2.75) is 58.4 Å². The van der Waals surface area contributed by atoms with Crippen LogP contribution in [0.25, 0.3) is 11.3 Å². The molecule has 1 aliphatic carbocycles. The van der Waals surface area contributed by atoms with E-state index in [-0.39, 0.29) is 5.91 Å². The van der Waals surface area contributed by atoms with Gasteiger partial charge in [-0.3, -0.25) is 9.78 Å². The van der Waals surface area contributed by atoms with Crippen LogP contribution in [0.5, 0.6) is 5.88 Å². The Bertz CT molecular complexity index is 1540. The van der Waals surface area contributed by atoms with Gasteiger partial charge in [0.05, 0.1) is 35.4 Å². The molecule has 1 saturated heterocycles. The molecule has 7 rings (SSSR count). The molecule has 226 valence electrons. The lowest BCUT2D eigenvalue weighted by molar-refractivity contribution is 0.100. The van der Waals surface area contributed by atoms with Crippen LogP contribution in [-0.2, 0) is 7.05 Å². The van der Waals surface area contributed by atoms with Crippen LogP contribution >= 0.6 is 0 Å². The Morgan fingerprint density at radius 3 is 2.70 bits per heavy atom. The molecule has 10 nitrogen and oxygen atoms in total. The number of anilines is 3. The van der Waals surface area contributed by atoms with Gasteiger partial charge in [0.25, 0.3) is 5.91 Å². The molecule has 3 aliphatic heterocycles. The summed E-state index contributed by atoms with van der Waals surface area (Å²) in [6, 6.07) is 10.6. The summed E-state index contributed by atoms with van der Waals surface area (Å²) in [6.07, 6.45) is 8.56. The number of guanidine groups is 1. The molecule has 1 aromatic carbocycles. The summed E-state index contributed by atoms with van der Waals surface area (Å²) in [4.78, 5) is 27.9. The summed E-state index contributed by atoms with van der Waals surface area (Å²) in [5.74, 6) is 2.16. The number of hydrogen-bond donors (Lipinski definition) is 2. The monoisotopic (exact) mass is 582 g/mol. The number of amides is 1. The predicted octanol–water partition coefficient (Wildman–Crippen LogP) is 5.31. The summed E-state index contributed by atoms with van der Waals surface area (Å²) in [5.41, 5.74) is 5.87. The highest BCUT2D eigenvalue weighted by atomic mass is 16.5. The van der Waals surface area contributed by atoms with E-state index in [1.54, 1.807) is 23.0 Å². The highest BCUT2D eigenvalue weighted by molar-refractivity contribution is 6.19. The van der Waals surface area contributed by atoms with E-state index in [2.05, 4.69) is 50.7 Å². The lowest BCUT2D eigenvalue weighted by atomic mass is 9.97. The molecule has 4 aliphatic rings. The van der Waals surface area contributed by atoms with E-state index in [4.69, 9.17) is 14.7 Å². The van der Waals surface area contributed by atoms with E-state index in [0.29, 0.717) is 47.6 Å². The number of fused-ring (bicyclic) bond motifs is 7. The largest absolute Gasteiger partial charge is 0.477 e. The minimum atomic E-state index is -0.294. The van der Waals surface area contributed by atoms with Crippen molar-refractivity contribution in [3.05, 3.63) is 47.8 Å². The number of ether oxygens (including phenoxy) is 1. The average molecular weight is 583 g/mol. The van der Waals surface area contributed by atoms with Gasteiger partial charge in [0.1, 0.15) is 0 Å². The van der Waals surface area contributed by atoms with Gasteiger partial charge in [0.2, 0.25) is 11.8 Å². The average Bonchev–Trinajstić information content (AvgIpc) is 3.71. The van der Waals surface area contributed by atoms with E-state index < -0.39 is 0 Å². The van der Waals surface area contributed by atoms with Crippen molar-refractivity contribution < 1.29 is 9.53 Å². The Balaban J connectivity index is 1.21. The first kappa shape index (κ1) is 27.9. The molecule has 0 unspecified atom stereocenters. The van der Waals surface area contributed by atoms with E-state index in [1.807, 2.05) is 14.0 Å². The third-order valence-electron chi connectivity index (χ3n) is 9.43. The van der Waals surface area contributed by atoms with Crippen LogP contribution < -0.4 is 20.3 Å². The maximum absolute atomic E-state index is 13.7. The molecule has 3 aromatic rings. The number of carbonyl (C=O) groups is 1. The SMILES string of the molecule is CCN1CCC(Nc2ccc3c(c2)N/C2=N\C(=O)c4cc(C)nc(c4)-c4cnn(C)c4OCCC[C@@H](C4CC4)CN23)CC1. The zero-order chi connectivity index (χ0) is 29.5. The molecule has 2 aromatic heterocycles. The van der Waals surface area contributed by atoms with Crippen LogP contribution in [0.2, 0.25) is 0 Å². The lowest BCUT2D eigenvalue weighted by Gasteiger charge is -2.32. The van der Waals surface area contributed by atoms with Gasteiger partial charge in [-0.15, -0.1) is 0 Å². The Morgan fingerprint density at radius 1 is 1.07 bits per heavy atom. The van der Waals surface area contributed by atoms with Crippen LogP contribution in [0.15, 0.2) is 41.5 Å². The Morgan fingerprint density at radius 2 is 1.91 bits per heavy atom. The first-order chi connectivity index (χ1) is 20.9. The fraction of sp³-hybridized carbons (Fsp3) is 0.515. The fourth-order valence-corrected chi connectivity index (χ4v) is 6.82. The number of piperidine rings is 1. The van der Waals surface area contributed by atoms with Gasteiger partial charge in [-0.1, -0.05) is 6.92 Å². The standard InChI is InChI=1S/C33H42N8O2/c1-4-40-13-11-25(12-14-40)36-26-9-10-30-29(18-26)37-33-38-31(42)24-16-21(2)35-28(17-24)27-19-34-39(3)32(27)43-15-5-6-23(20-41(30)33)22-7-8-22/h9-10,16-19,22-23,25,36H,4-8,11-15,20H2,1-3H3,(H,37,38,42)/t23-/m1/s1. The second-order valence-electron chi connectivity index (χ2n) is 12.5. The molecular formula is C33H42N8O2. The van der Waals surface area contributed by atoms with Crippen molar-refractivity contribution in [2.24, 2.45) is 23.9 Å². The van der Waals surface area contributed by atoms with Crippen molar-refractivity contribution in [3.8, 4) is 17.1 Å². The number of nitrogens with zero attached hydrogens (tertiary/aromatic N) is 6. The highest BCUT2D eigenvalue weighted by Gasteiger charge is 2.36. The van der Waals surface area contributed by atoms with Crippen molar-refractivity contribution in [1.82, 2.24) is 19.7 Å². The van der Waals surface area contributed by atoms with E-state index in [1.165, 1.54) is 12.8 Å². The number of nitrogens with one attached hydrogen (secondary N) is 2. The molecular weight excluding hydrogens is 540 g/mol. The third kappa shape index (κ3) is 5.85. The molecule has 5 heterocycles. The number of rotatable bonds is 4. The van der Waals surface area contributed by atoms with Gasteiger partial charge >= 0.3 is 0 Å². The topological polar surface area (TPSA) is 99.9 Å². The number of benzene rings is 1. The van der Waals surface area contributed by atoms with Crippen LogP contribution in [0, 0.1) is 18.8 Å². The number of hydrogen-bond acceptors (Lipinski definition) is 8. The molecule has 0 radical (unpaired) electrons. The highest BCUT2D eigenvalue weighted by Crippen LogP contribution is 2.43. The summed E-state index contributed by atoms with van der Waals surface area (Å²) in [7, 11) is 1.88. The van der Waals surface area contributed by atoms with Crippen molar-refractivity contribution in [3.63, 3.8) is 0 Å². The number of carbonyl (C=O) groups excluding carboxylic acids is 1. The number of aryl methyl sites for hydroxylation is 2. The zero-order valence-corrected chi connectivity index (χ0v) is 25.5. The molecule has 2 bridgehead atoms. The Kier molecular flexibility index (Phi) is 7.55. The van der Waals surface area contributed by atoms with Crippen LogP contribution in [0.1, 0.15) is 61.5 Å². The van der Waals surface area contributed by atoms with Gasteiger partial charge in [0, 0.05) is 49.7 Å². The maximum Gasteiger partial charge on any atom is 0.280 e. The molecule has 2 N–H and O–H groups in total. The lowest BCUT2D eigenvalue weighted by Crippen LogP contribution is -2.38. The molecule has 1 saturated carbocycles. The molecule has 0 spiro atoms. The minimum Gasteiger partial charge on any atom is -0.477 e. The van der Waals surface area contributed by atoms with Gasteiger partial charge in [-0.05, 0) is 94.2 Å². The van der Waals surface area contributed by atoms with Crippen molar-refractivity contribution in [1.29, 1.82) is 0 Å². The quantitative estimate of drug-likeness (QED) is 0.427. The van der Waals surface area contributed by atoms with Gasteiger partial charge in [0.15, 0.2) is 0 Å². The molecule has 10 heteroatoms. The van der Waals surface area contributed by atoms with Crippen molar-refractivity contribution in [2.75, 3.05) is 48.3 Å². The first-order valence-corrected chi connectivity index (χ1v) is 15.9. The molecule has 2 fully saturated rings.